The Hall–Kier alpha value is -0.970. The van der Waals surface area contributed by atoms with Crippen molar-refractivity contribution < 1.29 is 9.90 Å². The first-order chi connectivity index (χ1) is 8.63. The molecule has 1 N–H and O–H groups in total. The molecule has 0 saturated heterocycles. The van der Waals surface area contributed by atoms with E-state index in [1.54, 1.807) is 0 Å². The molecule has 1 aromatic heterocycles. The smallest absolute Gasteiger partial charge is 0.313 e. The van der Waals surface area contributed by atoms with E-state index in [4.69, 9.17) is 5.11 Å². The fraction of sp³-hybridized carbons (Fsp3) is 0.714. The fourth-order valence-electron chi connectivity index (χ4n) is 2.31. The van der Waals surface area contributed by atoms with Crippen molar-refractivity contribution in [3.05, 3.63) is 11.9 Å². The summed E-state index contributed by atoms with van der Waals surface area (Å²) in [5.74, 6) is -0.736. The number of nitrogens with zero attached hydrogens (tertiary/aromatic N) is 2. The third-order valence-electron chi connectivity index (χ3n) is 3.63. The van der Waals surface area contributed by atoms with E-state index in [-0.39, 0.29) is 11.2 Å². The van der Waals surface area contributed by atoms with Gasteiger partial charge in [-0.2, -0.15) is 0 Å². The van der Waals surface area contributed by atoms with Gasteiger partial charge >= 0.3 is 5.97 Å². The van der Waals surface area contributed by atoms with Crippen LogP contribution in [0.15, 0.2) is 11.4 Å². The van der Waals surface area contributed by atoms with E-state index in [9.17, 15) is 4.79 Å². The summed E-state index contributed by atoms with van der Waals surface area (Å²) in [6.07, 6.45) is 3.03. The van der Waals surface area contributed by atoms with E-state index in [2.05, 4.69) is 44.2 Å². The van der Waals surface area contributed by atoms with E-state index in [1.165, 1.54) is 17.5 Å². The lowest BCUT2D eigenvalue weighted by molar-refractivity contribution is -0.133. The van der Waals surface area contributed by atoms with Crippen molar-refractivity contribution in [2.24, 2.45) is 5.41 Å². The van der Waals surface area contributed by atoms with Gasteiger partial charge in [0.25, 0.3) is 0 Å². The number of aliphatic carboxylic acids is 1. The number of rotatable bonds is 4. The van der Waals surface area contributed by atoms with Crippen LogP contribution in [-0.2, 0) is 10.2 Å². The predicted octanol–water partition coefficient (Wildman–Crippen LogP) is 3.33. The Morgan fingerprint density at radius 2 is 2.16 bits per heavy atom. The molecule has 1 aliphatic carbocycles. The Morgan fingerprint density at radius 3 is 2.58 bits per heavy atom. The molecule has 0 bridgehead atoms. The highest BCUT2D eigenvalue weighted by Gasteiger charge is 2.49. The quantitative estimate of drug-likeness (QED) is 0.861. The Kier molecular flexibility index (Phi) is 3.45. The highest BCUT2D eigenvalue weighted by atomic mass is 32.2. The number of thioether (sulfide) groups is 1. The monoisotopic (exact) mass is 282 g/mol. The number of imidazole rings is 1. The van der Waals surface area contributed by atoms with Crippen molar-refractivity contribution in [2.45, 2.75) is 57.7 Å². The van der Waals surface area contributed by atoms with Crippen molar-refractivity contribution in [3.8, 4) is 0 Å². The van der Waals surface area contributed by atoms with Gasteiger partial charge in [-0.05, 0) is 11.8 Å². The maximum atomic E-state index is 10.7. The predicted molar refractivity (Wildman–Crippen MR) is 76.7 cm³/mol. The molecule has 1 unspecified atom stereocenters. The lowest BCUT2D eigenvalue weighted by atomic mass is 9.92. The van der Waals surface area contributed by atoms with Gasteiger partial charge < -0.3 is 9.67 Å². The van der Waals surface area contributed by atoms with Gasteiger partial charge in [0.1, 0.15) is 0 Å². The summed E-state index contributed by atoms with van der Waals surface area (Å²) >= 11 is 1.31. The van der Waals surface area contributed by atoms with Crippen molar-refractivity contribution in [3.63, 3.8) is 0 Å². The van der Waals surface area contributed by atoms with Crippen LogP contribution in [0.2, 0.25) is 0 Å². The standard InChI is InChI=1S/C14H22N2O2S/c1-13(2,3)10-7-15-12(19-8-11(17)18)16(10)9-6-14(9,4)5/h7,9H,6,8H2,1-5H3,(H,17,18). The van der Waals surface area contributed by atoms with Gasteiger partial charge in [-0.1, -0.05) is 46.4 Å². The molecule has 2 rings (SSSR count). The van der Waals surface area contributed by atoms with E-state index in [0.717, 1.165) is 11.6 Å². The SMILES string of the molecule is CC(C)(C)c1cnc(SCC(=O)O)n1C1CC1(C)C. The van der Waals surface area contributed by atoms with Crippen molar-refractivity contribution in [2.75, 3.05) is 5.75 Å². The summed E-state index contributed by atoms with van der Waals surface area (Å²) in [5, 5.41) is 9.67. The topological polar surface area (TPSA) is 55.1 Å². The van der Waals surface area contributed by atoms with Crippen LogP contribution in [0.5, 0.6) is 0 Å². The lowest BCUT2D eigenvalue weighted by Crippen LogP contribution is -2.19. The molecule has 1 fully saturated rings. The summed E-state index contributed by atoms with van der Waals surface area (Å²) in [6, 6.07) is 0.445. The highest BCUT2D eigenvalue weighted by molar-refractivity contribution is 7.99. The van der Waals surface area contributed by atoms with E-state index in [1.807, 2.05) is 6.20 Å². The zero-order valence-electron chi connectivity index (χ0n) is 12.2. The first kappa shape index (κ1) is 14.4. The Bertz CT molecular complexity index is 500. The molecule has 0 aliphatic heterocycles. The van der Waals surface area contributed by atoms with Gasteiger partial charge in [0.05, 0.1) is 5.75 Å². The number of carboxylic acid groups (broad SMARTS) is 1. The largest absolute Gasteiger partial charge is 0.481 e. The summed E-state index contributed by atoms with van der Waals surface area (Å²) in [6.45, 7) is 11.0. The van der Waals surface area contributed by atoms with Crippen LogP contribution >= 0.6 is 11.8 Å². The maximum Gasteiger partial charge on any atom is 0.313 e. The Labute approximate surface area is 118 Å². The summed E-state index contributed by atoms with van der Waals surface area (Å²) in [4.78, 5) is 15.2. The van der Waals surface area contributed by atoms with Crippen LogP contribution in [-0.4, -0.2) is 26.4 Å². The number of hydrogen-bond acceptors (Lipinski definition) is 3. The second kappa shape index (κ2) is 4.54. The minimum Gasteiger partial charge on any atom is -0.481 e. The Morgan fingerprint density at radius 1 is 1.58 bits per heavy atom. The van der Waals surface area contributed by atoms with Crippen LogP contribution in [0, 0.1) is 5.41 Å². The minimum absolute atomic E-state index is 0.0215. The van der Waals surface area contributed by atoms with E-state index >= 15 is 0 Å². The average Bonchev–Trinajstić information content (AvgIpc) is 2.72. The third-order valence-corrected chi connectivity index (χ3v) is 4.58. The van der Waals surface area contributed by atoms with Crippen molar-refractivity contribution >= 4 is 17.7 Å². The second-order valence-electron chi connectivity index (χ2n) is 6.94. The van der Waals surface area contributed by atoms with Gasteiger partial charge in [-0.25, -0.2) is 4.98 Å². The van der Waals surface area contributed by atoms with Gasteiger partial charge in [0, 0.05) is 23.3 Å². The van der Waals surface area contributed by atoms with Gasteiger partial charge in [0.15, 0.2) is 5.16 Å². The molecule has 19 heavy (non-hydrogen) atoms. The summed E-state index contributed by atoms with van der Waals surface area (Å²) < 4.78 is 2.26. The van der Waals surface area contributed by atoms with E-state index < -0.39 is 5.97 Å². The Balaban J connectivity index is 2.34. The molecular formula is C14H22N2O2S. The maximum absolute atomic E-state index is 10.7. The summed E-state index contributed by atoms with van der Waals surface area (Å²) in [7, 11) is 0. The average molecular weight is 282 g/mol. The minimum atomic E-state index is -0.799. The second-order valence-corrected chi connectivity index (χ2v) is 7.88. The molecule has 0 spiro atoms. The molecule has 5 heteroatoms. The summed E-state index contributed by atoms with van der Waals surface area (Å²) in [5.41, 5.74) is 1.50. The number of hydrogen-bond donors (Lipinski definition) is 1. The third kappa shape index (κ3) is 2.96. The van der Waals surface area contributed by atoms with Crippen LogP contribution in [0.25, 0.3) is 0 Å². The number of carbonyl (C=O) groups is 1. The molecule has 1 aromatic rings. The normalized spacial score (nSPS) is 21.4. The lowest BCUT2D eigenvalue weighted by Gasteiger charge is -2.22. The molecule has 0 amide bonds. The highest BCUT2D eigenvalue weighted by Crippen LogP contribution is 2.57. The molecular weight excluding hydrogens is 260 g/mol. The molecule has 0 radical (unpaired) electrons. The first-order valence-electron chi connectivity index (χ1n) is 6.55. The van der Waals surface area contributed by atoms with Gasteiger partial charge in [0.2, 0.25) is 0 Å². The molecule has 1 saturated carbocycles. The number of aromatic nitrogens is 2. The van der Waals surface area contributed by atoms with Crippen molar-refractivity contribution in [1.29, 1.82) is 0 Å². The first-order valence-corrected chi connectivity index (χ1v) is 7.54. The van der Waals surface area contributed by atoms with E-state index in [0.29, 0.717) is 11.5 Å². The van der Waals surface area contributed by atoms with Gasteiger partial charge in [-0.3, -0.25) is 4.79 Å². The molecule has 1 atom stereocenters. The molecule has 1 aliphatic rings. The molecule has 106 valence electrons. The van der Waals surface area contributed by atoms with Crippen molar-refractivity contribution in [1.82, 2.24) is 9.55 Å². The zero-order chi connectivity index (χ0) is 14.4. The molecule has 0 aromatic carbocycles. The molecule has 1 heterocycles. The van der Waals surface area contributed by atoms with Gasteiger partial charge in [-0.15, -0.1) is 0 Å². The van der Waals surface area contributed by atoms with Crippen LogP contribution in [0.4, 0.5) is 0 Å². The fourth-order valence-corrected chi connectivity index (χ4v) is 3.06. The van der Waals surface area contributed by atoms with Crippen LogP contribution < -0.4 is 0 Å². The molecule has 4 nitrogen and oxygen atoms in total. The zero-order valence-corrected chi connectivity index (χ0v) is 13.0. The van der Waals surface area contributed by atoms with Crippen LogP contribution in [0.1, 0.15) is 52.8 Å². The number of carboxylic acids is 1. The van der Waals surface area contributed by atoms with Crippen LogP contribution in [0.3, 0.4) is 0 Å².